The highest BCUT2D eigenvalue weighted by Gasteiger charge is 2.42. The zero-order valence-electron chi connectivity index (χ0n) is 13.1. The maximum absolute atomic E-state index is 13.0. The first-order valence-electron chi connectivity index (χ1n) is 7.79. The number of anilines is 1. The molecule has 2 aromatic carbocycles. The third-order valence-corrected chi connectivity index (χ3v) is 4.58. The third kappa shape index (κ3) is 2.50. The molecule has 7 heteroatoms. The molecule has 1 saturated heterocycles. The first kappa shape index (κ1) is 15.8. The Bertz CT molecular complexity index is 981. The Morgan fingerprint density at radius 3 is 2.56 bits per heavy atom. The van der Waals surface area contributed by atoms with Crippen molar-refractivity contribution in [2.75, 3.05) is 4.90 Å². The number of rotatable bonds is 3. The Morgan fingerprint density at radius 2 is 1.84 bits per heavy atom. The second-order valence-corrected chi connectivity index (χ2v) is 6.25. The van der Waals surface area contributed by atoms with Gasteiger partial charge in [-0.15, -0.1) is 0 Å². The van der Waals surface area contributed by atoms with E-state index in [9.17, 15) is 14.7 Å². The lowest BCUT2D eigenvalue weighted by Crippen LogP contribution is -2.31. The molecule has 2 heterocycles. The molecule has 0 spiro atoms. The van der Waals surface area contributed by atoms with E-state index in [1.165, 1.54) is 0 Å². The van der Waals surface area contributed by atoms with Gasteiger partial charge >= 0.3 is 0 Å². The van der Waals surface area contributed by atoms with E-state index in [1.54, 1.807) is 28.8 Å². The number of carbonyl (C=O) groups is 2. The van der Waals surface area contributed by atoms with Crippen molar-refractivity contribution in [1.29, 1.82) is 0 Å². The molecule has 126 valence electrons. The van der Waals surface area contributed by atoms with Crippen LogP contribution in [0.3, 0.4) is 0 Å². The lowest BCUT2D eigenvalue weighted by molar-refractivity contribution is -0.122. The average molecular weight is 356 g/mol. The van der Waals surface area contributed by atoms with Crippen LogP contribution in [0.1, 0.15) is 18.3 Å². The van der Waals surface area contributed by atoms with Gasteiger partial charge in [-0.05, 0) is 36.4 Å². The van der Waals surface area contributed by atoms with Crippen LogP contribution in [-0.2, 0) is 16.2 Å². The zero-order chi connectivity index (χ0) is 17.6. The normalized spacial score (nSPS) is 17.7. The molecule has 6 nitrogen and oxygen atoms in total. The summed E-state index contributed by atoms with van der Waals surface area (Å²) in [4.78, 5) is 31.0. The van der Waals surface area contributed by atoms with Crippen molar-refractivity contribution in [1.82, 2.24) is 9.55 Å². The molecule has 1 aromatic heterocycles. The van der Waals surface area contributed by atoms with Crippen LogP contribution < -0.4 is 4.90 Å². The van der Waals surface area contributed by atoms with Crippen molar-refractivity contribution < 1.29 is 14.7 Å². The molecule has 25 heavy (non-hydrogen) atoms. The van der Waals surface area contributed by atoms with Crippen molar-refractivity contribution >= 4 is 40.1 Å². The van der Waals surface area contributed by atoms with Gasteiger partial charge in [-0.3, -0.25) is 9.59 Å². The largest absolute Gasteiger partial charge is 0.388 e. The highest BCUT2D eigenvalue weighted by molar-refractivity contribution is 6.30. The minimum atomic E-state index is -0.724. The minimum absolute atomic E-state index is 0.0226. The van der Waals surface area contributed by atoms with Crippen LogP contribution in [0.25, 0.3) is 11.0 Å². The Kier molecular flexibility index (Phi) is 3.78. The molecular weight excluding hydrogens is 342 g/mol. The Balaban J connectivity index is 1.79. The van der Waals surface area contributed by atoms with E-state index in [-0.39, 0.29) is 24.8 Å². The van der Waals surface area contributed by atoms with Crippen LogP contribution in [0.4, 0.5) is 5.69 Å². The number of imide groups is 1. The molecule has 2 amide bonds. The summed E-state index contributed by atoms with van der Waals surface area (Å²) in [6, 6.07) is 13.1. The fourth-order valence-corrected chi connectivity index (χ4v) is 3.36. The van der Waals surface area contributed by atoms with Crippen LogP contribution in [-0.4, -0.2) is 26.5 Å². The number of nitrogens with zero attached hydrogens (tertiary/aromatic N) is 3. The number of para-hydroxylation sites is 2. The molecule has 0 saturated carbocycles. The predicted octanol–water partition coefficient (Wildman–Crippen LogP) is 2.69. The molecule has 1 aliphatic heterocycles. The summed E-state index contributed by atoms with van der Waals surface area (Å²) in [6.07, 6.45) is 0.0226. The van der Waals surface area contributed by atoms with Gasteiger partial charge in [-0.25, -0.2) is 9.88 Å². The molecule has 1 aliphatic rings. The summed E-state index contributed by atoms with van der Waals surface area (Å²) in [6.45, 7) is -0.312. The van der Waals surface area contributed by atoms with E-state index in [2.05, 4.69) is 4.98 Å². The summed E-state index contributed by atoms with van der Waals surface area (Å²) in [5.41, 5.74) is 1.88. The molecule has 1 atom stereocenters. The number of imidazole rings is 1. The molecule has 0 radical (unpaired) electrons. The Labute approximate surface area is 148 Å². The number of benzene rings is 2. The molecule has 1 N–H and O–H groups in total. The van der Waals surface area contributed by atoms with Gasteiger partial charge in [0.2, 0.25) is 5.91 Å². The highest BCUT2D eigenvalue weighted by Crippen LogP contribution is 2.33. The van der Waals surface area contributed by atoms with E-state index >= 15 is 0 Å². The Morgan fingerprint density at radius 1 is 1.12 bits per heavy atom. The molecule has 3 aromatic rings. The summed E-state index contributed by atoms with van der Waals surface area (Å²) < 4.78 is 1.66. The van der Waals surface area contributed by atoms with Gasteiger partial charge in [0.05, 0.1) is 23.1 Å². The number of halogens is 1. The molecule has 1 fully saturated rings. The lowest BCUT2D eigenvalue weighted by Gasteiger charge is -2.17. The number of amides is 2. The van der Waals surface area contributed by atoms with Gasteiger partial charge in [0.15, 0.2) is 0 Å². The first-order chi connectivity index (χ1) is 12.1. The molecular formula is C18H14ClN3O3. The van der Waals surface area contributed by atoms with Gasteiger partial charge in [0.25, 0.3) is 5.91 Å². The van der Waals surface area contributed by atoms with Crippen molar-refractivity contribution in [3.05, 3.63) is 59.4 Å². The zero-order valence-corrected chi connectivity index (χ0v) is 13.8. The third-order valence-electron chi connectivity index (χ3n) is 4.33. The van der Waals surface area contributed by atoms with Gasteiger partial charge in [0, 0.05) is 5.02 Å². The Hall–Kier alpha value is -2.70. The average Bonchev–Trinajstić information content (AvgIpc) is 3.12. The molecule has 0 aliphatic carbocycles. The number of hydrogen-bond acceptors (Lipinski definition) is 4. The topological polar surface area (TPSA) is 75.4 Å². The summed E-state index contributed by atoms with van der Waals surface area (Å²) in [5, 5.41) is 10.2. The SMILES string of the molecule is O=C1CC(n2c(CO)nc3ccccc32)C(=O)N1c1ccc(Cl)cc1. The van der Waals surface area contributed by atoms with Gasteiger partial charge in [0.1, 0.15) is 18.5 Å². The van der Waals surface area contributed by atoms with Crippen LogP contribution in [0.5, 0.6) is 0 Å². The number of aliphatic hydroxyl groups excluding tert-OH is 1. The maximum Gasteiger partial charge on any atom is 0.257 e. The molecule has 4 rings (SSSR count). The smallest absolute Gasteiger partial charge is 0.257 e. The van der Waals surface area contributed by atoms with E-state index < -0.39 is 6.04 Å². The fourth-order valence-electron chi connectivity index (χ4n) is 3.23. The van der Waals surface area contributed by atoms with Gasteiger partial charge in [-0.1, -0.05) is 23.7 Å². The monoisotopic (exact) mass is 355 g/mol. The van der Waals surface area contributed by atoms with Crippen LogP contribution in [0, 0.1) is 0 Å². The molecule has 1 unspecified atom stereocenters. The van der Waals surface area contributed by atoms with Crippen LogP contribution in [0.2, 0.25) is 5.02 Å². The van der Waals surface area contributed by atoms with Crippen molar-refractivity contribution in [2.24, 2.45) is 0 Å². The van der Waals surface area contributed by atoms with Gasteiger partial charge in [-0.2, -0.15) is 0 Å². The van der Waals surface area contributed by atoms with Crippen molar-refractivity contribution in [2.45, 2.75) is 19.1 Å². The standard InChI is InChI=1S/C18H14ClN3O3/c19-11-5-7-12(8-6-11)21-17(24)9-15(18(21)25)22-14-4-2-1-3-13(14)20-16(22)10-23/h1-8,15,23H,9-10H2. The predicted molar refractivity (Wildman–Crippen MR) is 93.3 cm³/mol. The summed E-state index contributed by atoms with van der Waals surface area (Å²) in [7, 11) is 0. The van der Waals surface area contributed by atoms with E-state index in [0.717, 1.165) is 10.4 Å². The van der Waals surface area contributed by atoms with E-state index in [4.69, 9.17) is 11.6 Å². The maximum atomic E-state index is 13.0. The van der Waals surface area contributed by atoms with Gasteiger partial charge < -0.3 is 9.67 Å². The first-order valence-corrected chi connectivity index (χ1v) is 8.17. The van der Waals surface area contributed by atoms with Crippen molar-refractivity contribution in [3.63, 3.8) is 0 Å². The quantitative estimate of drug-likeness (QED) is 0.733. The number of fused-ring (bicyclic) bond motifs is 1. The second kappa shape index (κ2) is 5.98. The van der Waals surface area contributed by atoms with E-state index in [1.807, 2.05) is 24.3 Å². The molecule has 0 bridgehead atoms. The highest BCUT2D eigenvalue weighted by atomic mass is 35.5. The van der Waals surface area contributed by atoms with Crippen LogP contribution >= 0.6 is 11.6 Å². The number of hydrogen-bond donors (Lipinski definition) is 1. The number of aromatic nitrogens is 2. The number of aliphatic hydroxyl groups is 1. The fraction of sp³-hybridized carbons (Fsp3) is 0.167. The summed E-state index contributed by atoms with van der Waals surface area (Å²) in [5.74, 6) is -0.269. The van der Waals surface area contributed by atoms with Crippen molar-refractivity contribution in [3.8, 4) is 0 Å². The second-order valence-electron chi connectivity index (χ2n) is 5.81. The minimum Gasteiger partial charge on any atom is -0.388 e. The number of carbonyl (C=O) groups excluding carboxylic acids is 2. The summed E-state index contributed by atoms with van der Waals surface area (Å²) >= 11 is 5.88. The lowest BCUT2D eigenvalue weighted by atomic mass is 10.2. The van der Waals surface area contributed by atoms with E-state index in [0.29, 0.717) is 22.1 Å². The van der Waals surface area contributed by atoms with Crippen LogP contribution in [0.15, 0.2) is 48.5 Å².